The first-order valence-corrected chi connectivity index (χ1v) is 8.41. The fraction of sp³-hybridized carbons (Fsp3) is 0.500. The van der Waals surface area contributed by atoms with Gasteiger partial charge in [0.2, 0.25) is 0 Å². The maximum Gasteiger partial charge on any atom is 0.273 e. The first kappa shape index (κ1) is 16.7. The summed E-state index contributed by atoms with van der Waals surface area (Å²) in [5.74, 6) is 0.435. The van der Waals surface area contributed by atoms with Crippen LogP contribution in [-0.2, 0) is 0 Å². The molecule has 2 heterocycles. The largest absolute Gasteiger partial charge is 0.355 e. The Bertz CT molecular complexity index is 582. The molecule has 0 atom stereocenters. The van der Waals surface area contributed by atoms with Crippen molar-refractivity contribution in [3.8, 4) is 10.6 Å². The van der Waals surface area contributed by atoms with Crippen molar-refractivity contribution in [3.63, 3.8) is 0 Å². The summed E-state index contributed by atoms with van der Waals surface area (Å²) < 4.78 is 5.22. The minimum Gasteiger partial charge on any atom is -0.355 e. The summed E-state index contributed by atoms with van der Waals surface area (Å²) in [6, 6.07) is 6.47. The minimum absolute atomic E-state index is 0.195. The zero-order valence-corrected chi connectivity index (χ0v) is 14.3. The van der Waals surface area contributed by atoms with E-state index in [1.165, 1.54) is 0 Å². The van der Waals surface area contributed by atoms with Gasteiger partial charge in [-0.15, -0.1) is 11.3 Å². The molecule has 2 aromatic heterocycles. The Morgan fingerprint density at radius 2 is 2.09 bits per heavy atom. The van der Waals surface area contributed by atoms with Gasteiger partial charge in [-0.25, -0.2) is 0 Å². The van der Waals surface area contributed by atoms with Crippen molar-refractivity contribution in [2.24, 2.45) is 0 Å². The third-order valence-corrected chi connectivity index (χ3v) is 4.37. The highest BCUT2D eigenvalue weighted by molar-refractivity contribution is 7.13. The fourth-order valence-electron chi connectivity index (χ4n) is 2.42. The maximum absolute atomic E-state index is 12.1. The van der Waals surface area contributed by atoms with Crippen molar-refractivity contribution in [1.82, 2.24) is 15.4 Å². The molecule has 0 bridgehead atoms. The first-order chi connectivity index (χ1) is 10.5. The standard InChI is InChI=1S/C16H23N3O2S/c1-11(2)19(12(3)4)8-7-17-16(20)13-10-14(21-18-13)15-6-5-9-22-15/h5-6,9-12H,7-8H2,1-4H3,(H,17,20). The van der Waals surface area contributed by atoms with E-state index in [4.69, 9.17) is 4.52 Å². The topological polar surface area (TPSA) is 58.4 Å². The normalized spacial score (nSPS) is 11.6. The molecule has 2 rings (SSSR count). The van der Waals surface area contributed by atoms with E-state index in [9.17, 15) is 4.79 Å². The lowest BCUT2D eigenvalue weighted by Gasteiger charge is -2.30. The lowest BCUT2D eigenvalue weighted by Crippen LogP contribution is -2.42. The monoisotopic (exact) mass is 321 g/mol. The molecule has 0 aliphatic carbocycles. The van der Waals surface area contributed by atoms with Crippen LogP contribution in [0.5, 0.6) is 0 Å². The molecule has 0 saturated heterocycles. The molecule has 2 aromatic rings. The SMILES string of the molecule is CC(C)N(CCNC(=O)c1cc(-c2cccs2)on1)C(C)C. The van der Waals surface area contributed by atoms with Crippen molar-refractivity contribution in [1.29, 1.82) is 0 Å². The van der Waals surface area contributed by atoms with E-state index in [-0.39, 0.29) is 5.91 Å². The van der Waals surface area contributed by atoms with Gasteiger partial charge in [0.25, 0.3) is 5.91 Å². The minimum atomic E-state index is -0.195. The number of hydrogen-bond acceptors (Lipinski definition) is 5. The molecule has 1 amide bonds. The van der Waals surface area contributed by atoms with Crippen LogP contribution in [0.25, 0.3) is 10.6 Å². The number of carbonyl (C=O) groups excluding carboxylic acids is 1. The Balaban J connectivity index is 1.88. The second kappa shape index (κ2) is 7.56. The van der Waals surface area contributed by atoms with Gasteiger partial charge in [-0.3, -0.25) is 9.69 Å². The van der Waals surface area contributed by atoms with Crippen molar-refractivity contribution < 1.29 is 9.32 Å². The summed E-state index contributed by atoms with van der Waals surface area (Å²) in [6.45, 7) is 10.0. The molecule has 0 aliphatic rings. The molecule has 0 spiro atoms. The maximum atomic E-state index is 12.1. The van der Waals surface area contributed by atoms with Gasteiger partial charge in [0.15, 0.2) is 11.5 Å². The highest BCUT2D eigenvalue weighted by Crippen LogP contribution is 2.24. The number of aromatic nitrogens is 1. The van der Waals surface area contributed by atoms with Crippen LogP contribution >= 0.6 is 11.3 Å². The van der Waals surface area contributed by atoms with E-state index in [2.05, 4.69) is 43.1 Å². The van der Waals surface area contributed by atoms with Gasteiger partial charge in [0.1, 0.15) is 0 Å². The predicted octanol–water partition coefficient (Wildman–Crippen LogP) is 3.25. The molecular formula is C16H23N3O2S. The van der Waals surface area contributed by atoms with Gasteiger partial charge in [0, 0.05) is 31.2 Å². The number of amides is 1. The van der Waals surface area contributed by atoms with Crippen LogP contribution in [0.1, 0.15) is 38.2 Å². The number of hydrogen-bond donors (Lipinski definition) is 1. The number of nitrogens with one attached hydrogen (secondary N) is 1. The van der Waals surface area contributed by atoms with Crippen LogP contribution in [0.4, 0.5) is 0 Å². The first-order valence-electron chi connectivity index (χ1n) is 7.53. The van der Waals surface area contributed by atoms with Crippen LogP contribution < -0.4 is 5.32 Å². The second-order valence-corrected chi connectivity index (χ2v) is 6.68. The van der Waals surface area contributed by atoms with Crippen molar-refractivity contribution in [2.75, 3.05) is 13.1 Å². The van der Waals surface area contributed by atoms with E-state index in [0.717, 1.165) is 11.4 Å². The molecule has 0 unspecified atom stereocenters. The molecule has 22 heavy (non-hydrogen) atoms. The van der Waals surface area contributed by atoms with Crippen molar-refractivity contribution in [3.05, 3.63) is 29.3 Å². The zero-order chi connectivity index (χ0) is 16.1. The Kier molecular flexibility index (Phi) is 5.74. The predicted molar refractivity (Wildman–Crippen MR) is 89.1 cm³/mol. The molecule has 0 aromatic carbocycles. The highest BCUT2D eigenvalue weighted by atomic mass is 32.1. The molecule has 1 N–H and O–H groups in total. The molecule has 0 aliphatic heterocycles. The molecule has 120 valence electrons. The lowest BCUT2D eigenvalue weighted by atomic mass is 10.2. The Labute approximate surface area is 135 Å². The number of nitrogens with zero attached hydrogens (tertiary/aromatic N) is 2. The van der Waals surface area contributed by atoms with Gasteiger partial charge in [0.05, 0.1) is 4.88 Å². The average Bonchev–Trinajstić information content (AvgIpc) is 3.11. The summed E-state index contributed by atoms with van der Waals surface area (Å²) in [4.78, 5) is 15.4. The van der Waals surface area contributed by atoms with Crippen molar-refractivity contribution >= 4 is 17.2 Å². The van der Waals surface area contributed by atoms with Crippen LogP contribution in [0.15, 0.2) is 28.1 Å². The summed E-state index contributed by atoms with van der Waals surface area (Å²) >= 11 is 1.56. The van der Waals surface area contributed by atoms with Crippen LogP contribution in [0.2, 0.25) is 0 Å². The second-order valence-electron chi connectivity index (χ2n) is 5.73. The van der Waals surface area contributed by atoms with E-state index in [1.807, 2.05) is 17.5 Å². The van der Waals surface area contributed by atoms with Crippen LogP contribution in [0, 0.1) is 0 Å². The Morgan fingerprint density at radius 3 is 2.68 bits per heavy atom. The van der Waals surface area contributed by atoms with E-state index >= 15 is 0 Å². The number of carbonyl (C=O) groups is 1. The zero-order valence-electron chi connectivity index (χ0n) is 13.5. The number of rotatable bonds is 7. The van der Waals surface area contributed by atoms with E-state index in [0.29, 0.717) is 30.1 Å². The highest BCUT2D eigenvalue weighted by Gasteiger charge is 2.16. The quantitative estimate of drug-likeness (QED) is 0.850. The van der Waals surface area contributed by atoms with Gasteiger partial charge in [-0.05, 0) is 39.1 Å². The summed E-state index contributed by atoms with van der Waals surface area (Å²) in [6.07, 6.45) is 0. The lowest BCUT2D eigenvalue weighted by molar-refractivity contribution is 0.0930. The molecule has 0 fully saturated rings. The third kappa shape index (κ3) is 4.18. The molecule has 5 nitrogen and oxygen atoms in total. The molecular weight excluding hydrogens is 298 g/mol. The Hall–Kier alpha value is -1.66. The van der Waals surface area contributed by atoms with E-state index in [1.54, 1.807) is 17.4 Å². The van der Waals surface area contributed by atoms with E-state index < -0.39 is 0 Å². The smallest absolute Gasteiger partial charge is 0.273 e. The van der Waals surface area contributed by atoms with Gasteiger partial charge >= 0.3 is 0 Å². The Morgan fingerprint density at radius 1 is 1.36 bits per heavy atom. The number of thiophene rings is 1. The van der Waals surface area contributed by atoms with Gasteiger partial charge < -0.3 is 9.84 Å². The van der Waals surface area contributed by atoms with Crippen LogP contribution in [0.3, 0.4) is 0 Å². The third-order valence-electron chi connectivity index (χ3n) is 3.49. The van der Waals surface area contributed by atoms with Crippen molar-refractivity contribution in [2.45, 2.75) is 39.8 Å². The van der Waals surface area contributed by atoms with Crippen LogP contribution in [-0.4, -0.2) is 41.1 Å². The van der Waals surface area contributed by atoms with Gasteiger partial charge in [-0.1, -0.05) is 11.2 Å². The molecule has 6 heteroatoms. The average molecular weight is 321 g/mol. The molecule has 0 radical (unpaired) electrons. The van der Waals surface area contributed by atoms with Gasteiger partial charge in [-0.2, -0.15) is 0 Å². The summed E-state index contributed by atoms with van der Waals surface area (Å²) in [5.41, 5.74) is 0.323. The fourth-order valence-corrected chi connectivity index (χ4v) is 3.09. The summed E-state index contributed by atoms with van der Waals surface area (Å²) in [7, 11) is 0. The summed E-state index contributed by atoms with van der Waals surface area (Å²) in [5, 5.41) is 8.71. The molecule has 0 saturated carbocycles.